The van der Waals surface area contributed by atoms with Crippen LogP contribution in [0.5, 0.6) is 0 Å². The standard InChI is InChI=1S/C40H53NO12S2/c1-5-7-18-40(6-2)25-54(46,47)34-17-16-29(41(3)4)21-31(34)35(39(40)45)28-15-11-14-27(19-28)20-30(42)22-32-36(43)38(51-23-26-12-9-8-10-13-26)37(44)33(53-32)24-52-55(48,49)50/h8-17,19,21,32-33,35-39,43-45H,5-7,18,20,22-25H2,1-4H3,(H,48,49,50)/t32-,33+,35+,36-,37+,38+,39+,40+/m0/s1. The first kappa shape index (κ1) is 42.9. The molecule has 302 valence electrons. The lowest BCUT2D eigenvalue weighted by Gasteiger charge is -2.42. The number of anilines is 1. The minimum Gasteiger partial charge on any atom is -0.392 e. The summed E-state index contributed by atoms with van der Waals surface area (Å²) >= 11 is 0. The minimum absolute atomic E-state index is 0.00972. The fourth-order valence-electron chi connectivity index (χ4n) is 7.86. The molecule has 0 spiro atoms. The maximum atomic E-state index is 14.1. The molecule has 0 saturated carbocycles. The second kappa shape index (κ2) is 17.9. The molecule has 0 bridgehead atoms. The summed E-state index contributed by atoms with van der Waals surface area (Å²) in [6.45, 7) is 3.14. The molecular weight excluding hydrogens is 751 g/mol. The maximum absolute atomic E-state index is 14.1. The van der Waals surface area contributed by atoms with Crippen molar-refractivity contribution in [2.75, 3.05) is 31.4 Å². The summed E-state index contributed by atoms with van der Waals surface area (Å²) in [5, 5.41) is 34.6. The quantitative estimate of drug-likeness (QED) is 0.152. The van der Waals surface area contributed by atoms with Gasteiger partial charge in [-0.25, -0.2) is 12.6 Å². The summed E-state index contributed by atoms with van der Waals surface area (Å²) in [5.41, 5.74) is 2.32. The first-order chi connectivity index (χ1) is 26.0. The van der Waals surface area contributed by atoms with Gasteiger partial charge in [0, 0.05) is 44.0 Å². The Morgan fingerprint density at radius 2 is 1.64 bits per heavy atom. The van der Waals surface area contributed by atoms with Crippen molar-refractivity contribution >= 4 is 31.7 Å². The summed E-state index contributed by atoms with van der Waals surface area (Å²) in [4.78, 5) is 15.8. The molecule has 1 fully saturated rings. The Labute approximate surface area is 324 Å². The molecule has 0 aromatic heterocycles. The van der Waals surface area contributed by atoms with Gasteiger partial charge in [0.2, 0.25) is 0 Å². The maximum Gasteiger partial charge on any atom is 0.397 e. The number of sulfone groups is 1. The number of Topliss-reactive ketones (excluding diaryl/α,β-unsaturated/α-hetero) is 1. The Bertz CT molecular complexity index is 1990. The van der Waals surface area contributed by atoms with Gasteiger partial charge < -0.3 is 29.7 Å². The smallest absolute Gasteiger partial charge is 0.392 e. The normalized spacial score (nSPS) is 27.9. The van der Waals surface area contributed by atoms with E-state index in [1.807, 2.05) is 51.0 Å². The highest BCUT2D eigenvalue weighted by Crippen LogP contribution is 2.49. The Morgan fingerprint density at radius 1 is 0.945 bits per heavy atom. The number of unbranched alkanes of at least 4 members (excludes halogenated alkanes) is 1. The first-order valence-corrected chi connectivity index (χ1v) is 21.6. The number of aliphatic hydroxyl groups excluding tert-OH is 3. The summed E-state index contributed by atoms with van der Waals surface area (Å²) in [7, 11) is -4.97. The molecule has 2 heterocycles. The van der Waals surface area contributed by atoms with Gasteiger partial charge in [-0.2, -0.15) is 8.42 Å². The van der Waals surface area contributed by atoms with Crippen molar-refractivity contribution in [1.29, 1.82) is 0 Å². The van der Waals surface area contributed by atoms with Crippen molar-refractivity contribution in [2.24, 2.45) is 5.41 Å². The number of rotatable bonds is 16. The fraction of sp³-hybridized carbons (Fsp3) is 0.525. The van der Waals surface area contributed by atoms with Crippen LogP contribution in [-0.4, -0.2) is 106 Å². The molecule has 1 saturated heterocycles. The summed E-state index contributed by atoms with van der Waals surface area (Å²) < 4.78 is 76.1. The zero-order valence-electron chi connectivity index (χ0n) is 31.7. The zero-order valence-corrected chi connectivity index (χ0v) is 33.3. The molecule has 0 amide bonds. The summed E-state index contributed by atoms with van der Waals surface area (Å²) in [6, 6.07) is 21.3. The molecule has 3 aromatic rings. The lowest BCUT2D eigenvalue weighted by atomic mass is 9.69. The molecule has 5 rings (SSSR count). The Hall–Kier alpha value is -3.25. The highest BCUT2D eigenvalue weighted by atomic mass is 32.3. The van der Waals surface area contributed by atoms with E-state index in [4.69, 9.17) is 14.0 Å². The monoisotopic (exact) mass is 803 g/mol. The van der Waals surface area contributed by atoms with E-state index in [0.29, 0.717) is 29.5 Å². The third-order valence-corrected chi connectivity index (χ3v) is 13.4. The highest BCUT2D eigenvalue weighted by molar-refractivity contribution is 7.91. The van der Waals surface area contributed by atoms with E-state index in [1.54, 1.807) is 54.6 Å². The van der Waals surface area contributed by atoms with Crippen molar-refractivity contribution in [3.05, 3.63) is 95.1 Å². The minimum atomic E-state index is -4.89. The topological polar surface area (TPSA) is 197 Å². The molecule has 2 aliphatic heterocycles. The molecule has 4 N–H and O–H groups in total. The van der Waals surface area contributed by atoms with Crippen LogP contribution in [0.1, 0.15) is 74.1 Å². The van der Waals surface area contributed by atoms with Gasteiger partial charge in [0.05, 0.1) is 36.1 Å². The lowest BCUT2D eigenvalue weighted by Crippen LogP contribution is -2.60. The Morgan fingerprint density at radius 3 is 2.29 bits per heavy atom. The molecule has 15 heteroatoms. The van der Waals surface area contributed by atoms with Gasteiger partial charge in [0.15, 0.2) is 9.84 Å². The van der Waals surface area contributed by atoms with Gasteiger partial charge in [-0.1, -0.05) is 81.3 Å². The SMILES string of the molecule is CCCC[C@]1(CC)CS(=O)(=O)c2ccc(N(C)C)cc2[C@@H](c2cccc(CC(=O)C[C@@H]3O[C@H](COS(=O)(=O)O)[C@@H](O)[C@H](OCc4ccccc4)[C@H]3O)c2)[C@H]1O. The van der Waals surface area contributed by atoms with Gasteiger partial charge in [-0.3, -0.25) is 9.35 Å². The van der Waals surface area contributed by atoms with E-state index < -0.39 is 74.8 Å². The molecule has 55 heavy (non-hydrogen) atoms. The number of ketones is 1. The van der Waals surface area contributed by atoms with E-state index >= 15 is 0 Å². The molecule has 0 aliphatic carbocycles. The van der Waals surface area contributed by atoms with Crippen LogP contribution in [0.4, 0.5) is 5.69 Å². The van der Waals surface area contributed by atoms with Crippen LogP contribution in [0.3, 0.4) is 0 Å². The van der Waals surface area contributed by atoms with Crippen LogP contribution in [0, 0.1) is 5.41 Å². The number of benzene rings is 3. The van der Waals surface area contributed by atoms with E-state index in [9.17, 15) is 36.9 Å². The number of carbonyl (C=O) groups is 1. The van der Waals surface area contributed by atoms with E-state index in [-0.39, 0.29) is 35.9 Å². The van der Waals surface area contributed by atoms with Crippen LogP contribution < -0.4 is 4.90 Å². The van der Waals surface area contributed by atoms with E-state index in [1.165, 1.54) is 0 Å². The van der Waals surface area contributed by atoms with Gasteiger partial charge in [-0.05, 0) is 53.3 Å². The number of hydrogen-bond acceptors (Lipinski definition) is 12. The number of fused-ring (bicyclic) bond motifs is 1. The van der Waals surface area contributed by atoms with Crippen LogP contribution in [0.15, 0.2) is 77.7 Å². The predicted octanol–water partition coefficient (Wildman–Crippen LogP) is 4.02. The Balaban J connectivity index is 1.43. The lowest BCUT2D eigenvalue weighted by molar-refractivity contribution is -0.242. The second-order valence-electron chi connectivity index (χ2n) is 14.9. The van der Waals surface area contributed by atoms with Crippen LogP contribution in [0.2, 0.25) is 0 Å². The van der Waals surface area contributed by atoms with E-state index in [0.717, 1.165) is 24.1 Å². The van der Waals surface area contributed by atoms with Gasteiger partial charge in [0.25, 0.3) is 0 Å². The summed E-state index contributed by atoms with van der Waals surface area (Å²) in [5.74, 6) is -1.28. The van der Waals surface area contributed by atoms with Gasteiger partial charge in [0.1, 0.15) is 30.2 Å². The second-order valence-corrected chi connectivity index (χ2v) is 18.0. The largest absolute Gasteiger partial charge is 0.397 e. The average molecular weight is 804 g/mol. The molecule has 3 aromatic carbocycles. The number of nitrogens with zero attached hydrogens (tertiary/aromatic N) is 1. The zero-order chi connectivity index (χ0) is 40.1. The predicted molar refractivity (Wildman–Crippen MR) is 206 cm³/mol. The number of ether oxygens (including phenoxy) is 2. The molecule has 0 unspecified atom stereocenters. The number of carbonyl (C=O) groups excluding carboxylic acids is 1. The summed E-state index contributed by atoms with van der Waals surface area (Å²) in [6.07, 6.45) is -5.94. The van der Waals surface area contributed by atoms with Gasteiger partial charge >= 0.3 is 10.4 Å². The van der Waals surface area contributed by atoms with Crippen molar-refractivity contribution < 1.29 is 55.2 Å². The number of hydrogen-bond donors (Lipinski definition) is 4. The third kappa shape index (κ3) is 10.2. The first-order valence-electron chi connectivity index (χ1n) is 18.6. The highest BCUT2D eigenvalue weighted by Gasteiger charge is 2.49. The molecule has 0 radical (unpaired) electrons. The van der Waals surface area contributed by atoms with E-state index in [2.05, 4.69) is 4.18 Å². The molecule has 2 aliphatic rings. The molecule has 13 nitrogen and oxygen atoms in total. The van der Waals surface area contributed by atoms with Crippen molar-refractivity contribution in [3.8, 4) is 0 Å². The molecule has 8 atom stereocenters. The average Bonchev–Trinajstić information content (AvgIpc) is 3.21. The fourth-order valence-corrected chi connectivity index (χ4v) is 10.4. The van der Waals surface area contributed by atoms with Crippen molar-refractivity contribution in [3.63, 3.8) is 0 Å². The van der Waals surface area contributed by atoms with Crippen LogP contribution in [-0.2, 0) is 51.7 Å². The Kier molecular flexibility index (Phi) is 14.0. The van der Waals surface area contributed by atoms with Crippen LogP contribution >= 0.6 is 0 Å². The molecular formula is C40H53NO12S2. The van der Waals surface area contributed by atoms with Crippen molar-refractivity contribution in [2.45, 2.75) is 106 Å². The van der Waals surface area contributed by atoms with Crippen molar-refractivity contribution in [1.82, 2.24) is 0 Å². The number of aliphatic hydroxyl groups is 3. The van der Waals surface area contributed by atoms with Gasteiger partial charge in [-0.15, -0.1) is 0 Å². The van der Waals surface area contributed by atoms with Crippen LogP contribution in [0.25, 0.3) is 0 Å². The third-order valence-electron chi connectivity index (χ3n) is 10.9.